The van der Waals surface area contributed by atoms with Gasteiger partial charge in [0, 0.05) is 16.2 Å². The minimum absolute atomic E-state index is 0.0571. The van der Waals surface area contributed by atoms with Crippen LogP contribution in [-0.4, -0.2) is 47.7 Å². The Balaban J connectivity index is 1.64. The molecule has 2 heterocycles. The molecule has 2 fully saturated rings. The molecule has 3 rings (SSSR count). The third-order valence-electron chi connectivity index (χ3n) is 4.64. The second-order valence-electron chi connectivity index (χ2n) is 5.97. The van der Waals surface area contributed by atoms with Crippen molar-refractivity contribution in [3.05, 3.63) is 35.9 Å². The molecule has 0 radical (unpaired) electrons. The number of nitrogens with zero attached hydrogens (tertiary/aromatic N) is 1. The fourth-order valence-corrected chi connectivity index (χ4v) is 3.47. The van der Waals surface area contributed by atoms with E-state index in [4.69, 9.17) is 8.85 Å². The number of ether oxygens (including phenoxy) is 1. The number of rotatable bonds is 4. The maximum Gasteiger partial charge on any atom is 0.316 e. The normalized spacial score (nSPS) is 32.8. The summed E-state index contributed by atoms with van der Waals surface area (Å²) in [5.74, 6) is -1.13. The second-order valence-corrected chi connectivity index (χ2v) is 5.97. The van der Waals surface area contributed by atoms with E-state index >= 15 is 0 Å². The Hall–Kier alpha value is -1.39. The minimum Gasteiger partial charge on any atom is -0.462 e. The highest BCUT2D eigenvalue weighted by molar-refractivity contribution is 5.78. The first-order valence-corrected chi connectivity index (χ1v) is 7.55. The van der Waals surface area contributed by atoms with Gasteiger partial charge < -0.3 is 14.7 Å². The van der Waals surface area contributed by atoms with Crippen molar-refractivity contribution in [3.63, 3.8) is 0 Å². The van der Waals surface area contributed by atoms with Gasteiger partial charge >= 0.3 is 5.97 Å². The lowest BCUT2D eigenvalue weighted by Gasteiger charge is -2.36. The molecule has 21 heavy (non-hydrogen) atoms. The van der Waals surface area contributed by atoms with Crippen molar-refractivity contribution in [1.82, 2.24) is 4.90 Å². The van der Waals surface area contributed by atoms with Crippen LogP contribution in [-0.2, 0) is 9.53 Å². The lowest BCUT2D eigenvalue weighted by Crippen LogP contribution is -2.43. The van der Waals surface area contributed by atoms with Gasteiger partial charge in [0.2, 0.25) is 0 Å². The van der Waals surface area contributed by atoms with Crippen LogP contribution in [0.1, 0.15) is 41.3 Å². The summed E-state index contributed by atoms with van der Waals surface area (Å²) < 4.78 is 28.6. The standard InChI is InChI=1S/C17H23NO3/c1-18-13-7-8-14(18)10-15(9-13)21-17(20)16(11-19)12-5-3-2-4-6-12/h2-6,13-16,19H,7-11H2,1H3/t13-,14+,15?,16-/m1/s1/i1D3. The summed E-state index contributed by atoms with van der Waals surface area (Å²) >= 11 is 0. The SMILES string of the molecule is [2H]C([2H])([2H])N1[C@@H]2CC[C@H]1CC(OC(=O)[C@H](CO)c1ccccc1)C2. The molecule has 0 aliphatic carbocycles. The Morgan fingerprint density at radius 2 is 2.05 bits per heavy atom. The van der Waals surface area contributed by atoms with E-state index in [-0.39, 0.29) is 24.8 Å². The van der Waals surface area contributed by atoms with Crippen molar-refractivity contribution in [3.8, 4) is 0 Å². The number of benzene rings is 1. The molecule has 1 N–H and O–H groups in total. The van der Waals surface area contributed by atoms with Crippen molar-refractivity contribution in [2.24, 2.45) is 0 Å². The molecule has 4 heteroatoms. The quantitative estimate of drug-likeness (QED) is 0.862. The molecule has 4 nitrogen and oxygen atoms in total. The molecule has 1 unspecified atom stereocenters. The van der Waals surface area contributed by atoms with Crippen LogP contribution in [0, 0.1) is 0 Å². The molecule has 2 aliphatic rings. The number of fused-ring (bicyclic) bond motifs is 2. The average molecular weight is 292 g/mol. The van der Waals surface area contributed by atoms with E-state index in [1.807, 2.05) is 18.2 Å². The number of carbonyl (C=O) groups is 1. The van der Waals surface area contributed by atoms with Crippen LogP contribution in [0.25, 0.3) is 0 Å². The molecule has 1 aromatic rings. The van der Waals surface area contributed by atoms with Gasteiger partial charge in [-0.3, -0.25) is 4.79 Å². The molecule has 0 amide bonds. The van der Waals surface area contributed by atoms with E-state index < -0.39 is 18.9 Å². The Morgan fingerprint density at radius 3 is 2.62 bits per heavy atom. The van der Waals surface area contributed by atoms with E-state index in [2.05, 4.69) is 0 Å². The Labute approximate surface area is 129 Å². The van der Waals surface area contributed by atoms with Gasteiger partial charge in [-0.05, 0) is 38.2 Å². The summed E-state index contributed by atoms with van der Waals surface area (Å²) in [4.78, 5) is 14.1. The minimum atomic E-state index is -2.08. The van der Waals surface area contributed by atoms with Gasteiger partial charge in [-0.25, -0.2) is 0 Å². The third kappa shape index (κ3) is 2.97. The molecule has 114 valence electrons. The Morgan fingerprint density at radius 1 is 1.38 bits per heavy atom. The van der Waals surface area contributed by atoms with Crippen LogP contribution in [0.15, 0.2) is 30.3 Å². The van der Waals surface area contributed by atoms with Gasteiger partial charge in [-0.1, -0.05) is 30.3 Å². The summed E-state index contributed by atoms with van der Waals surface area (Å²) in [6.07, 6.45) is 2.49. The van der Waals surface area contributed by atoms with Gasteiger partial charge in [-0.15, -0.1) is 0 Å². The van der Waals surface area contributed by atoms with Crippen molar-refractivity contribution in [1.29, 1.82) is 0 Å². The molecule has 0 aromatic heterocycles. The first kappa shape index (κ1) is 11.2. The lowest BCUT2D eigenvalue weighted by molar-refractivity contribution is -0.155. The first-order chi connectivity index (χ1) is 11.4. The second kappa shape index (κ2) is 6.16. The van der Waals surface area contributed by atoms with E-state index in [9.17, 15) is 9.90 Å². The van der Waals surface area contributed by atoms with Crippen LogP contribution in [0.2, 0.25) is 0 Å². The average Bonchev–Trinajstić information content (AvgIpc) is 2.82. The molecule has 0 spiro atoms. The maximum atomic E-state index is 12.4. The number of aliphatic hydroxyl groups excluding tert-OH is 1. The van der Waals surface area contributed by atoms with Gasteiger partial charge in [0.15, 0.2) is 0 Å². The number of carbonyl (C=O) groups excluding carboxylic acids is 1. The molecular weight excluding hydrogens is 266 g/mol. The van der Waals surface area contributed by atoms with Gasteiger partial charge in [0.25, 0.3) is 0 Å². The molecule has 2 saturated heterocycles. The maximum absolute atomic E-state index is 12.4. The van der Waals surface area contributed by atoms with Crippen molar-refractivity contribution < 1.29 is 18.8 Å². The van der Waals surface area contributed by atoms with E-state index in [0.717, 1.165) is 18.4 Å². The van der Waals surface area contributed by atoms with Crippen molar-refractivity contribution in [2.45, 2.75) is 49.8 Å². The summed E-state index contributed by atoms with van der Waals surface area (Å²) in [6.45, 7) is -2.39. The number of hydrogen-bond donors (Lipinski definition) is 1. The highest BCUT2D eigenvalue weighted by Crippen LogP contribution is 2.36. The van der Waals surface area contributed by atoms with Gasteiger partial charge in [0.05, 0.1) is 6.61 Å². The number of hydrogen-bond acceptors (Lipinski definition) is 4. The predicted molar refractivity (Wildman–Crippen MR) is 80.0 cm³/mol. The molecule has 4 atom stereocenters. The summed E-state index contributed by atoms with van der Waals surface area (Å²) in [5.41, 5.74) is 0.730. The fourth-order valence-electron chi connectivity index (χ4n) is 3.47. The molecular formula is C17H23NO3. The topological polar surface area (TPSA) is 49.8 Å². The fraction of sp³-hybridized carbons (Fsp3) is 0.588. The zero-order chi connectivity index (χ0) is 17.3. The van der Waals surface area contributed by atoms with Crippen LogP contribution in [0.4, 0.5) is 0 Å². The molecule has 0 saturated carbocycles. The number of aliphatic hydroxyl groups is 1. The van der Waals surface area contributed by atoms with Gasteiger partial charge in [-0.2, -0.15) is 0 Å². The van der Waals surface area contributed by atoms with E-state index in [1.54, 1.807) is 17.0 Å². The molecule has 1 aromatic carbocycles. The van der Waals surface area contributed by atoms with Crippen molar-refractivity contribution in [2.75, 3.05) is 13.6 Å². The zero-order valence-electron chi connectivity index (χ0n) is 14.9. The van der Waals surface area contributed by atoms with Crippen LogP contribution in [0.5, 0.6) is 0 Å². The van der Waals surface area contributed by atoms with E-state index in [0.29, 0.717) is 12.8 Å². The molecule has 2 bridgehead atoms. The van der Waals surface area contributed by atoms with Crippen LogP contribution >= 0.6 is 0 Å². The van der Waals surface area contributed by atoms with Crippen LogP contribution < -0.4 is 0 Å². The van der Waals surface area contributed by atoms with Gasteiger partial charge in [0.1, 0.15) is 12.0 Å². The predicted octanol–water partition coefficient (Wildman–Crippen LogP) is 1.93. The zero-order valence-corrected chi connectivity index (χ0v) is 11.9. The van der Waals surface area contributed by atoms with E-state index in [1.165, 1.54) is 0 Å². The Kier molecular flexibility index (Phi) is 3.29. The summed E-state index contributed by atoms with van der Waals surface area (Å²) in [7, 11) is 0. The summed E-state index contributed by atoms with van der Waals surface area (Å²) in [5, 5.41) is 9.56. The highest BCUT2D eigenvalue weighted by atomic mass is 16.5. The molecule has 2 aliphatic heterocycles. The third-order valence-corrected chi connectivity index (χ3v) is 4.64. The first-order valence-electron chi connectivity index (χ1n) is 9.05. The van der Waals surface area contributed by atoms with Crippen LogP contribution in [0.3, 0.4) is 0 Å². The monoisotopic (exact) mass is 292 g/mol. The summed E-state index contributed by atoms with van der Waals surface area (Å²) in [6, 6.07) is 8.97. The number of piperidine rings is 1. The number of esters is 1. The highest BCUT2D eigenvalue weighted by Gasteiger charge is 2.40. The lowest BCUT2D eigenvalue weighted by atomic mass is 9.98. The largest absolute Gasteiger partial charge is 0.462 e. The Bertz CT molecular complexity index is 564. The van der Waals surface area contributed by atoms with Crippen molar-refractivity contribution >= 4 is 5.97 Å². The smallest absolute Gasteiger partial charge is 0.316 e.